The molecule has 0 aliphatic rings. The van der Waals surface area contributed by atoms with Crippen LogP contribution in [0, 0.1) is 13.8 Å². The van der Waals surface area contributed by atoms with Crippen LogP contribution in [0.15, 0.2) is 12.1 Å². The van der Waals surface area contributed by atoms with Gasteiger partial charge in [-0.1, -0.05) is 17.7 Å². The van der Waals surface area contributed by atoms with Crippen molar-refractivity contribution in [1.82, 2.24) is 4.90 Å². The summed E-state index contributed by atoms with van der Waals surface area (Å²) in [5.74, 6) is 1.02. The Bertz CT molecular complexity index is 388. The van der Waals surface area contributed by atoms with Crippen LogP contribution in [-0.4, -0.2) is 38.2 Å². The fraction of sp³-hybridized carbons (Fsp3) is 0.600. The van der Waals surface area contributed by atoms with Gasteiger partial charge in [0.1, 0.15) is 5.75 Å². The maximum Gasteiger partial charge on any atom is 0.125 e. The molecule has 0 saturated heterocycles. The Balaban J connectivity index is 2.72. The Labute approximate surface area is 111 Å². The van der Waals surface area contributed by atoms with Gasteiger partial charge in [0, 0.05) is 19.1 Å². The maximum atomic E-state index is 5.80. The molecule has 1 atom stereocenters. The Morgan fingerprint density at radius 3 is 2.56 bits per heavy atom. The molecular weight excluding hydrogens is 224 g/mol. The van der Waals surface area contributed by atoms with Crippen molar-refractivity contribution in [3.05, 3.63) is 28.8 Å². The predicted molar refractivity (Wildman–Crippen MR) is 77.3 cm³/mol. The summed E-state index contributed by atoms with van der Waals surface area (Å²) in [5, 5.41) is 0. The first-order chi connectivity index (χ1) is 8.43. The van der Waals surface area contributed by atoms with E-state index in [0.29, 0.717) is 0 Å². The number of nitrogens with zero attached hydrogens (tertiary/aromatic N) is 1. The van der Waals surface area contributed by atoms with Gasteiger partial charge >= 0.3 is 0 Å². The summed E-state index contributed by atoms with van der Waals surface area (Å²) >= 11 is 0. The van der Waals surface area contributed by atoms with Crippen molar-refractivity contribution in [2.45, 2.75) is 33.2 Å². The molecule has 0 heterocycles. The molecule has 18 heavy (non-hydrogen) atoms. The van der Waals surface area contributed by atoms with Gasteiger partial charge in [-0.2, -0.15) is 0 Å². The molecule has 1 rings (SSSR count). The van der Waals surface area contributed by atoms with Crippen LogP contribution in [-0.2, 0) is 6.42 Å². The van der Waals surface area contributed by atoms with Gasteiger partial charge in [-0.15, -0.1) is 0 Å². The van der Waals surface area contributed by atoms with Gasteiger partial charge in [-0.25, -0.2) is 0 Å². The van der Waals surface area contributed by atoms with E-state index in [1.165, 1.54) is 16.7 Å². The van der Waals surface area contributed by atoms with Crippen molar-refractivity contribution in [2.75, 3.05) is 27.2 Å². The highest BCUT2D eigenvalue weighted by Gasteiger charge is 2.09. The molecule has 0 aliphatic heterocycles. The molecule has 1 unspecified atom stereocenters. The predicted octanol–water partition coefficient (Wildman–Crippen LogP) is 2.13. The lowest BCUT2D eigenvalue weighted by Gasteiger charge is -2.20. The molecule has 0 amide bonds. The third-order valence-corrected chi connectivity index (χ3v) is 3.06. The average Bonchev–Trinajstić information content (AvgIpc) is 2.24. The highest BCUT2D eigenvalue weighted by molar-refractivity contribution is 5.43. The highest BCUT2D eigenvalue weighted by atomic mass is 16.5. The van der Waals surface area contributed by atoms with Crippen molar-refractivity contribution >= 4 is 0 Å². The lowest BCUT2D eigenvalue weighted by Crippen LogP contribution is -2.34. The Kier molecular flexibility index (Phi) is 5.63. The zero-order valence-electron chi connectivity index (χ0n) is 12.3. The first-order valence-corrected chi connectivity index (χ1v) is 6.52. The van der Waals surface area contributed by atoms with Crippen LogP contribution in [0.2, 0.25) is 0 Å². The zero-order chi connectivity index (χ0) is 13.7. The van der Waals surface area contributed by atoms with Gasteiger partial charge in [0.25, 0.3) is 0 Å². The standard InChI is InChI=1S/C15H26N2O/c1-11-8-12(2)15(18-5)14(9-11)6-7-17(4)10-13(3)16/h8-9,13H,6-7,10,16H2,1-5H3. The topological polar surface area (TPSA) is 38.5 Å². The molecule has 3 nitrogen and oxygen atoms in total. The second-order valence-corrected chi connectivity index (χ2v) is 5.26. The third-order valence-electron chi connectivity index (χ3n) is 3.06. The Morgan fingerprint density at radius 2 is 2.00 bits per heavy atom. The summed E-state index contributed by atoms with van der Waals surface area (Å²) in [6, 6.07) is 4.59. The van der Waals surface area contributed by atoms with Crippen LogP contribution in [0.25, 0.3) is 0 Å². The van der Waals surface area contributed by atoms with E-state index in [1.807, 2.05) is 6.92 Å². The summed E-state index contributed by atoms with van der Waals surface area (Å²) in [4.78, 5) is 2.27. The number of hydrogen-bond donors (Lipinski definition) is 1. The molecule has 102 valence electrons. The van der Waals surface area contributed by atoms with Gasteiger partial charge in [0.05, 0.1) is 7.11 Å². The third kappa shape index (κ3) is 4.31. The largest absolute Gasteiger partial charge is 0.496 e. The number of likely N-dealkylation sites (N-methyl/N-ethyl adjacent to an activating group) is 1. The van der Waals surface area contributed by atoms with Gasteiger partial charge in [0.15, 0.2) is 0 Å². The molecule has 2 N–H and O–H groups in total. The first-order valence-electron chi connectivity index (χ1n) is 6.52. The number of hydrogen-bond acceptors (Lipinski definition) is 3. The minimum atomic E-state index is 0.219. The fourth-order valence-electron chi connectivity index (χ4n) is 2.41. The minimum Gasteiger partial charge on any atom is -0.496 e. The van der Waals surface area contributed by atoms with Crippen LogP contribution >= 0.6 is 0 Å². The Hall–Kier alpha value is -1.06. The summed E-state index contributed by atoms with van der Waals surface area (Å²) in [6.45, 7) is 8.18. The molecule has 0 saturated carbocycles. The molecule has 0 aliphatic carbocycles. The summed E-state index contributed by atoms with van der Waals surface area (Å²) in [5.41, 5.74) is 9.58. The van der Waals surface area contributed by atoms with Gasteiger partial charge in [0.2, 0.25) is 0 Å². The quantitative estimate of drug-likeness (QED) is 0.840. The van der Waals surface area contributed by atoms with Crippen molar-refractivity contribution in [1.29, 1.82) is 0 Å². The maximum absolute atomic E-state index is 5.80. The number of nitrogens with two attached hydrogens (primary N) is 1. The fourth-order valence-corrected chi connectivity index (χ4v) is 2.41. The van der Waals surface area contributed by atoms with E-state index in [2.05, 4.69) is 37.9 Å². The molecular formula is C15H26N2O. The number of benzene rings is 1. The molecule has 0 aromatic heterocycles. The van der Waals surface area contributed by atoms with Gasteiger partial charge < -0.3 is 15.4 Å². The van der Waals surface area contributed by atoms with Gasteiger partial charge in [-0.05, 0) is 45.4 Å². The summed E-state index contributed by atoms with van der Waals surface area (Å²) in [7, 11) is 3.85. The van der Waals surface area contributed by atoms with Crippen LogP contribution < -0.4 is 10.5 Å². The smallest absolute Gasteiger partial charge is 0.125 e. The number of aryl methyl sites for hydroxylation is 2. The van der Waals surface area contributed by atoms with Crippen LogP contribution in [0.5, 0.6) is 5.75 Å². The van der Waals surface area contributed by atoms with Crippen LogP contribution in [0.1, 0.15) is 23.6 Å². The van der Waals surface area contributed by atoms with E-state index in [1.54, 1.807) is 7.11 Å². The van der Waals surface area contributed by atoms with Crippen molar-refractivity contribution in [3.63, 3.8) is 0 Å². The van der Waals surface area contributed by atoms with Crippen LogP contribution in [0.4, 0.5) is 0 Å². The number of rotatable bonds is 6. The summed E-state index contributed by atoms with van der Waals surface area (Å²) in [6.07, 6.45) is 0.995. The molecule has 0 radical (unpaired) electrons. The van der Waals surface area contributed by atoms with E-state index >= 15 is 0 Å². The van der Waals surface area contributed by atoms with Gasteiger partial charge in [-0.3, -0.25) is 0 Å². The first kappa shape index (κ1) is 15.0. The molecule has 0 spiro atoms. The minimum absolute atomic E-state index is 0.219. The van der Waals surface area contributed by atoms with E-state index in [0.717, 1.165) is 25.3 Å². The summed E-state index contributed by atoms with van der Waals surface area (Å²) < 4.78 is 5.50. The molecule has 3 heteroatoms. The van der Waals surface area contributed by atoms with Crippen LogP contribution in [0.3, 0.4) is 0 Å². The van der Waals surface area contributed by atoms with E-state index < -0.39 is 0 Å². The normalized spacial score (nSPS) is 12.8. The van der Waals surface area contributed by atoms with Crippen molar-refractivity contribution in [3.8, 4) is 5.75 Å². The van der Waals surface area contributed by atoms with Crippen molar-refractivity contribution in [2.24, 2.45) is 5.73 Å². The lowest BCUT2D eigenvalue weighted by atomic mass is 10.0. The monoisotopic (exact) mass is 250 g/mol. The van der Waals surface area contributed by atoms with E-state index in [9.17, 15) is 0 Å². The highest BCUT2D eigenvalue weighted by Crippen LogP contribution is 2.25. The number of ether oxygens (including phenoxy) is 1. The average molecular weight is 250 g/mol. The lowest BCUT2D eigenvalue weighted by molar-refractivity contribution is 0.318. The Morgan fingerprint density at radius 1 is 1.33 bits per heavy atom. The SMILES string of the molecule is COc1c(C)cc(C)cc1CCN(C)CC(C)N. The van der Waals surface area contributed by atoms with E-state index in [-0.39, 0.29) is 6.04 Å². The second kappa shape index (κ2) is 6.76. The van der Waals surface area contributed by atoms with E-state index in [4.69, 9.17) is 10.5 Å². The number of methoxy groups -OCH3 is 1. The molecule has 1 aromatic carbocycles. The molecule has 0 fully saturated rings. The zero-order valence-corrected chi connectivity index (χ0v) is 12.3. The second-order valence-electron chi connectivity index (χ2n) is 5.26. The molecule has 0 bridgehead atoms. The molecule has 1 aromatic rings. The van der Waals surface area contributed by atoms with Crippen molar-refractivity contribution < 1.29 is 4.74 Å².